The standard InChI is InChI=1S/C27H25ClF2N6O/c1-15(17-7-9-27(29,30)10-8-17)36-14-18(12-32-36)23-13-31-21-5-6-24(25(28)26(21)35-23)37-19-3-4-20-22(11-19)34-16(2)33-20/h3-6,11-15,17H,7-10H2,1-2H3,(H,33,34)/t15-/m1/s1. The number of nitrogens with one attached hydrogen (secondary N) is 1. The third-order valence-electron chi connectivity index (χ3n) is 7.18. The van der Waals surface area contributed by atoms with E-state index in [9.17, 15) is 8.78 Å². The van der Waals surface area contributed by atoms with Crippen LogP contribution in [0.2, 0.25) is 5.02 Å². The molecule has 190 valence electrons. The third kappa shape index (κ3) is 4.64. The molecule has 1 fully saturated rings. The van der Waals surface area contributed by atoms with Crippen LogP contribution in [0.25, 0.3) is 33.3 Å². The molecule has 0 bridgehead atoms. The van der Waals surface area contributed by atoms with Crippen LogP contribution >= 0.6 is 11.6 Å². The Hall–Kier alpha value is -3.59. The van der Waals surface area contributed by atoms with E-state index < -0.39 is 5.92 Å². The Bertz CT molecular complexity index is 1600. The van der Waals surface area contributed by atoms with Crippen molar-refractivity contribution in [1.82, 2.24) is 29.7 Å². The number of benzene rings is 2. The van der Waals surface area contributed by atoms with Gasteiger partial charge in [-0.05, 0) is 56.9 Å². The summed E-state index contributed by atoms with van der Waals surface area (Å²) in [6.45, 7) is 3.93. The summed E-state index contributed by atoms with van der Waals surface area (Å²) in [7, 11) is 0. The number of imidazole rings is 1. The van der Waals surface area contributed by atoms with Gasteiger partial charge in [0.2, 0.25) is 5.92 Å². The average molecular weight is 523 g/mol. The first-order valence-corrected chi connectivity index (χ1v) is 12.7. The molecule has 1 aliphatic carbocycles. The van der Waals surface area contributed by atoms with Gasteiger partial charge in [-0.15, -0.1) is 0 Å². The molecule has 1 N–H and O–H groups in total. The molecular formula is C27H25ClF2N6O. The summed E-state index contributed by atoms with van der Waals surface area (Å²) in [5.74, 6) is -0.462. The van der Waals surface area contributed by atoms with E-state index >= 15 is 0 Å². The van der Waals surface area contributed by atoms with Gasteiger partial charge in [-0.25, -0.2) is 18.7 Å². The number of rotatable bonds is 5. The lowest BCUT2D eigenvalue weighted by Gasteiger charge is -2.32. The predicted octanol–water partition coefficient (Wildman–Crippen LogP) is 7.51. The van der Waals surface area contributed by atoms with Gasteiger partial charge >= 0.3 is 0 Å². The molecule has 1 aliphatic rings. The second kappa shape index (κ2) is 9.06. The minimum Gasteiger partial charge on any atom is -0.456 e. The fraction of sp³-hybridized carbons (Fsp3) is 0.333. The van der Waals surface area contributed by atoms with Crippen LogP contribution in [-0.2, 0) is 0 Å². The number of aryl methyl sites for hydroxylation is 1. The molecule has 1 atom stereocenters. The van der Waals surface area contributed by atoms with Gasteiger partial charge in [-0.3, -0.25) is 9.67 Å². The minimum absolute atomic E-state index is 0.0119. The summed E-state index contributed by atoms with van der Waals surface area (Å²) in [5, 5.41) is 4.86. The van der Waals surface area contributed by atoms with Crippen molar-refractivity contribution in [2.45, 2.75) is 51.5 Å². The molecule has 10 heteroatoms. The van der Waals surface area contributed by atoms with E-state index in [2.05, 4.69) is 20.1 Å². The van der Waals surface area contributed by atoms with Crippen LogP contribution < -0.4 is 4.74 Å². The van der Waals surface area contributed by atoms with Crippen molar-refractivity contribution in [2.24, 2.45) is 5.92 Å². The highest BCUT2D eigenvalue weighted by Crippen LogP contribution is 2.41. The van der Waals surface area contributed by atoms with Gasteiger partial charge in [0.25, 0.3) is 0 Å². The van der Waals surface area contributed by atoms with Gasteiger partial charge in [0, 0.05) is 30.7 Å². The quantitative estimate of drug-likeness (QED) is 0.258. The predicted molar refractivity (Wildman–Crippen MR) is 138 cm³/mol. The molecule has 7 nitrogen and oxygen atoms in total. The maximum atomic E-state index is 13.6. The van der Waals surface area contributed by atoms with Gasteiger partial charge in [0.1, 0.15) is 27.9 Å². The Morgan fingerprint density at radius 3 is 2.70 bits per heavy atom. The lowest BCUT2D eigenvalue weighted by atomic mass is 9.83. The van der Waals surface area contributed by atoms with Crippen LogP contribution in [0.15, 0.2) is 48.9 Å². The smallest absolute Gasteiger partial charge is 0.248 e. The Morgan fingerprint density at radius 1 is 1.11 bits per heavy atom. The number of ether oxygens (including phenoxy) is 1. The highest BCUT2D eigenvalue weighted by atomic mass is 35.5. The number of fused-ring (bicyclic) bond motifs is 2. The average Bonchev–Trinajstić information content (AvgIpc) is 3.51. The maximum absolute atomic E-state index is 13.6. The van der Waals surface area contributed by atoms with E-state index in [0.29, 0.717) is 46.1 Å². The Kier molecular flexibility index (Phi) is 5.82. The fourth-order valence-electron chi connectivity index (χ4n) is 5.00. The lowest BCUT2D eigenvalue weighted by molar-refractivity contribution is -0.0510. The summed E-state index contributed by atoms with van der Waals surface area (Å²) >= 11 is 6.72. The van der Waals surface area contributed by atoms with Crippen molar-refractivity contribution in [3.05, 3.63) is 59.8 Å². The van der Waals surface area contributed by atoms with Crippen molar-refractivity contribution in [1.29, 1.82) is 0 Å². The molecule has 37 heavy (non-hydrogen) atoms. The molecule has 6 rings (SSSR count). The molecule has 0 radical (unpaired) electrons. The summed E-state index contributed by atoms with van der Waals surface area (Å²) < 4.78 is 35.1. The fourth-order valence-corrected chi connectivity index (χ4v) is 5.25. The van der Waals surface area contributed by atoms with E-state index in [1.807, 2.05) is 49.0 Å². The number of halogens is 3. The molecule has 0 unspecified atom stereocenters. The number of H-pyrrole nitrogens is 1. The first-order valence-electron chi connectivity index (χ1n) is 12.3. The molecule has 3 heterocycles. The second-order valence-electron chi connectivity index (χ2n) is 9.75. The number of aromatic nitrogens is 6. The van der Waals surface area contributed by atoms with Crippen molar-refractivity contribution in [3.8, 4) is 22.8 Å². The molecule has 0 spiro atoms. The molecular weight excluding hydrogens is 498 g/mol. The van der Waals surface area contributed by atoms with Gasteiger partial charge in [0.15, 0.2) is 0 Å². The first kappa shape index (κ1) is 23.8. The Morgan fingerprint density at radius 2 is 1.89 bits per heavy atom. The number of hydrogen-bond donors (Lipinski definition) is 1. The van der Waals surface area contributed by atoms with Crippen LogP contribution in [0.1, 0.15) is 44.5 Å². The summed E-state index contributed by atoms with van der Waals surface area (Å²) in [4.78, 5) is 16.9. The monoisotopic (exact) mass is 522 g/mol. The number of aromatic amines is 1. The summed E-state index contributed by atoms with van der Waals surface area (Å²) in [5.41, 5.74) is 4.30. The summed E-state index contributed by atoms with van der Waals surface area (Å²) in [6.07, 6.45) is 6.15. The zero-order valence-corrected chi connectivity index (χ0v) is 21.1. The maximum Gasteiger partial charge on any atom is 0.248 e. The highest BCUT2D eigenvalue weighted by molar-refractivity contribution is 6.36. The van der Waals surface area contributed by atoms with Crippen molar-refractivity contribution in [2.75, 3.05) is 0 Å². The minimum atomic E-state index is -2.54. The molecule has 2 aromatic carbocycles. The molecule has 5 aromatic rings. The van der Waals surface area contributed by atoms with E-state index in [1.54, 1.807) is 18.5 Å². The Labute approximate surface area is 216 Å². The van der Waals surface area contributed by atoms with E-state index in [0.717, 1.165) is 22.4 Å². The first-order chi connectivity index (χ1) is 17.8. The van der Waals surface area contributed by atoms with Crippen molar-refractivity contribution >= 4 is 33.7 Å². The zero-order chi connectivity index (χ0) is 25.7. The van der Waals surface area contributed by atoms with Crippen LogP contribution in [0.3, 0.4) is 0 Å². The second-order valence-corrected chi connectivity index (χ2v) is 10.1. The largest absolute Gasteiger partial charge is 0.456 e. The molecule has 0 amide bonds. The van der Waals surface area contributed by atoms with Gasteiger partial charge in [-0.1, -0.05) is 11.6 Å². The van der Waals surface area contributed by atoms with Crippen molar-refractivity contribution in [3.63, 3.8) is 0 Å². The molecule has 0 saturated heterocycles. The third-order valence-corrected chi connectivity index (χ3v) is 7.54. The van der Waals surface area contributed by atoms with E-state index in [1.165, 1.54) is 0 Å². The van der Waals surface area contributed by atoms with Crippen molar-refractivity contribution < 1.29 is 13.5 Å². The summed E-state index contributed by atoms with van der Waals surface area (Å²) in [6, 6.07) is 9.21. The van der Waals surface area contributed by atoms with Gasteiger partial charge in [-0.2, -0.15) is 5.10 Å². The Balaban J connectivity index is 1.26. The normalized spacial score (nSPS) is 16.9. The number of nitrogens with zero attached hydrogens (tertiary/aromatic N) is 5. The molecule has 3 aromatic heterocycles. The van der Waals surface area contributed by atoms with E-state index in [4.69, 9.17) is 21.3 Å². The van der Waals surface area contributed by atoms with Crippen LogP contribution in [0.4, 0.5) is 8.78 Å². The van der Waals surface area contributed by atoms with Crippen LogP contribution in [-0.4, -0.2) is 35.6 Å². The lowest BCUT2D eigenvalue weighted by Crippen LogP contribution is -2.29. The molecule has 0 aliphatic heterocycles. The SMILES string of the molecule is Cc1nc2ccc(Oc3ccc4ncc(-c5cnn([C@H](C)C6CCC(F)(F)CC6)c5)nc4c3Cl)cc2[nH]1. The number of hydrogen-bond acceptors (Lipinski definition) is 5. The number of alkyl halides is 2. The highest BCUT2D eigenvalue weighted by Gasteiger charge is 2.37. The van der Waals surface area contributed by atoms with Gasteiger partial charge in [0.05, 0.1) is 40.7 Å². The van der Waals surface area contributed by atoms with Gasteiger partial charge < -0.3 is 9.72 Å². The molecule has 1 saturated carbocycles. The van der Waals surface area contributed by atoms with Crippen LogP contribution in [0.5, 0.6) is 11.5 Å². The zero-order valence-electron chi connectivity index (χ0n) is 20.4. The van der Waals surface area contributed by atoms with E-state index in [-0.39, 0.29) is 24.8 Å². The van der Waals surface area contributed by atoms with Crippen LogP contribution in [0, 0.1) is 12.8 Å². The topological polar surface area (TPSA) is 81.5 Å².